The molecule has 1 aliphatic rings. The number of carbonyl (C=O) groups is 3. The number of nitrogens with one attached hydrogen (secondary N) is 2. The third-order valence-electron chi connectivity index (χ3n) is 6.28. The molecule has 3 N–H and O–H groups in total. The Hall–Kier alpha value is -3.66. The molecule has 1 atom stereocenters. The summed E-state index contributed by atoms with van der Waals surface area (Å²) in [6.45, 7) is 6.24. The number of ketones is 1. The first-order valence-corrected chi connectivity index (χ1v) is 12.5. The first-order valence-electron chi connectivity index (χ1n) is 11.7. The highest BCUT2D eigenvalue weighted by molar-refractivity contribution is 9.10. The molecular weight excluding hydrogens is 528 g/mol. The first-order chi connectivity index (χ1) is 17.2. The zero-order valence-electron chi connectivity index (χ0n) is 20.3. The summed E-state index contributed by atoms with van der Waals surface area (Å²) in [6.07, 6.45) is 6.12. The number of imidazole rings is 1. The van der Waals surface area contributed by atoms with Crippen molar-refractivity contribution in [2.24, 2.45) is 0 Å². The van der Waals surface area contributed by atoms with Gasteiger partial charge in [-0.3, -0.25) is 14.6 Å². The molecular formula is C26H28BrN4O5+. The van der Waals surface area contributed by atoms with Gasteiger partial charge in [0.2, 0.25) is 6.33 Å². The van der Waals surface area contributed by atoms with Crippen LogP contribution in [0.25, 0.3) is 5.76 Å². The number of aliphatic hydroxyl groups is 1. The molecule has 4 rings (SSSR count). The number of carbonyl (C=O) groups excluding carboxylic acids is 3. The van der Waals surface area contributed by atoms with Crippen LogP contribution in [0.2, 0.25) is 0 Å². The number of esters is 1. The second kappa shape index (κ2) is 10.5. The van der Waals surface area contributed by atoms with Gasteiger partial charge in [0.15, 0.2) is 0 Å². The third-order valence-corrected chi connectivity index (χ3v) is 6.77. The molecule has 1 amide bonds. The molecule has 1 aliphatic heterocycles. The number of nitrogens with zero attached hydrogens (tertiary/aromatic N) is 2. The molecule has 0 saturated carbocycles. The summed E-state index contributed by atoms with van der Waals surface area (Å²) in [5.41, 5.74) is 2.15. The van der Waals surface area contributed by atoms with Crippen molar-refractivity contribution in [2.75, 3.05) is 13.2 Å². The van der Waals surface area contributed by atoms with Crippen molar-refractivity contribution >= 4 is 39.3 Å². The topological polar surface area (TPSA) is 119 Å². The molecule has 1 saturated heterocycles. The molecule has 1 aromatic carbocycles. The van der Waals surface area contributed by atoms with Gasteiger partial charge in [-0.05, 0) is 44.0 Å². The van der Waals surface area contributed by atoms with E-state index in [4.69, 9.17) is 4.74 Å². The number of hydrogen-bond donors (Lipinski definition) is 3. The number of amides is 1. The smallest absolute Gasteiger partial charge is 0.355 e. The predicted octanol–water partition coefficient (Wildman–Crippen LogP) is 3.70. The van der Waals surface area contributed by atoms with Gasteiger partial charge in [-0.2, -0.15) is 0 Å². The van der Waals surface area contributed by atoms with E-state index in [0.717, 1.165) is 4.47 Å². The Bertz CT molecular complexity index is 1340. The van der Waals surface area contributed by atoms with Crippen LogP contribution in [0.4, 0.5) is 0 Å². The summed E-state index contributed by atoms with van der Waals surface area (Å²) >= 11 is 3.47. The molecule has 9 nitrogen and oxygen atoms in total. The lowest BCUT2D eigenvalue weighted by Gasteiger charge is -2.25. The van der Waals surface area contributed by atoms with Crippen LogP contribution in [-0.2, 0) is 20.9 Å². The van der Waals surface area contributed by atoms with Gasteiger partial charge in [-0.15, -0.1) is 0 Å². The minimum atomic E-state index is -0.779. The van der Waals surface area contributed by atoms with Crippen LogP contribution in [0.15, 0.2) is 53.0 Å². The Labute approximate surface area is 216 Å². The zero-order valence-corrected chi connectivity index (χ0v) is 21.9. The van der Waals surface area contributed by atoms with Gasteiger partial charge >= 0.3 is 5.97 Å². The maximum Gasteiger partial charge on any atom is 0.355 e. The zero-order chi connectivity index (χ0) is 26.0. The number of ether oxygens (including phenoxy) is 1. The second-order valence-electron chi connectivity index (χ2n) is 8.60. The van der Waals surface area contributed by atoms with E-state index in [1.807, 2.05) is 41.4 Å². The maximum atomic E-state index is 13.3. The van der Waals surface area contributed by atoms with Gasteiger partial charge in [0.1, 0.15) is 23.8 Å². The number of benzene rings is 1. The van der Waals surface area contributed by atoms with E-state index in [0.29, 0.717) is 41.9 Å². The van der Waals surface area contributed by atoms with E-state index in [2.05, 4.69) is 25.9 Å². The lowest BCUT2D eigenvalue weighted by atomic mass is 9.94. The molecule has 188 valence electrons. The highest BCUT2D eigenvalue weighted by Crippen LogP contribution is 2.41. The number of aromatic amines is 2. The molecule has 0 aliphatic carbocycles. The molecule has 3 aromatic rings. The van der Waals surface area contributed by atoms with Gasteiger partial charge in [-0.25, -0.2) is 9.36 Å². The Balaban J connectivity index is 1.79. The summed E-state index contributed by atoms with van der Waals surface area (Å²) in [6, 6.07) is 6.55. The van der Waals surface area contributed by atoms with Crippen LogP contribution >= 0.6 is 15.9 Å². The van der Waals surface area contributed by atoms with E-state index >= 15 is 0 Å². The van der Waals surface area contributed by atoms with E-state index in [1.165, 1.54) is 4.90 Å². The van der Waals surface area contributed by atoms with Gasteiger partial charge in [0, 0.05) is 28.7 Å². The van der Waals surface area contributed by atoms with E-state index < -0.39 is 23.7 Å². The second-order valence-corrected chi connectivity index (χ2v) is 9.51. The molecule has 10 heteroatoms. The van der Waals surface area contributed by atoms with Crippen molar-refractivity contribution in [2.45, 2.75) is 39.8 Å². The summed E-state index contributed by atoms with van der Waals surface area (Å²) in [7, 11) is 0. The quantitative estimate of drug-likeness (QED) is 0.129. The van der Waals surface area contributed by atoms with Crippen molar-refractivity contribution in [1.29, 1.82) is 0 Å². The molecule has 0 radical (unpaired) electrons. The molecule has 0 bridgehead atoms. The van der Waals surface area contributed by atoms with Crippen LogP contribution in [-0.4, -0.2) is 50.8 Å². The minimum Gasteiger partial charge on any atom is -0.507 e. The molecule has 3 heterocycles. The fraction of sp³-hybridized carbons (Fsp3) is 0.308. The van der Waals surface area contributed by atoms with Gasteiger partial charge in [0.05, 0.1) is 24.8 Å². The number of aromatic nitrogens is 3. The lowest BCUT2D eigenvalue weighted by Crippen LogP contribution is -2.36. The van der Waals surface area contributed by atoms with Crippen molar-refractivity contribution < 1.29 is 28.8 Å². The van der Waals surface area contributed by atoms with E-state index in [-0.39, 0.29) is 23.6 Å². The maximum absolute atomic E-state index is 13.3. The number of likely N-dealkylation sites (tertiary alicyclic amines) is 1. The highest BCUT2D eigenvalue weighted by atomic mass is 79.9. The minimum absolute atomic E-state index is 0.00648. The normalized spacial score (nSPS) is 17.1. The first kappa shape index (κ1) is 25.4. The SMILES string of the molecule is CCOC(=O)c1[nH]c(C)c(C(O)=C2C(=O)C(=O)N(CCC[n+]3cc[nH]c3)C2c2cccc(Br)c2)c1C. The van der Waals surface area contributed by atoms with Crippen molar-refractivity contribution in [3.8, 4) is 0 Å². The van der Waals surface area contributed by atoms with Crippen LogP contribution in [0.3, 0.4) is 0 Å². The number of halogens is 1. The number of hydrogen-bond acceptors (Lipinski definition) is 5. The van der Waals surface area contributed by atoms with Crippen LogP contribution in [0.1, 0.15) is 52.3 Å². The lowest BCUT2D eigenvalue weighted by molar-refractivity contribution is -0.695. The Kier molecular flexibility index (Phi) is 7.44. The number of rotatable bonds is 8. The van der Waals surface area contributed by atoms with E-state index in [9.17, 15) is 19.5 Å². The van der Waals surface area contributed by atoms with Gasteiger partial charge < -0.3 is 19.7 Å². The van der Waals surface area contributed by atoms with Crippen LogP contribution < -0.4 is 4.57 Å². The molecule has 0 spiro atoms. The number of Topliss-reactive ketones (excluding diaryl/α,β-unsaturated/α-hetero) is 1. The fourth-order valence-corrected chi connectivity index (χ4v) is 5.08. The average Bonchev–Trinajstić information content (AvgIpc) is 3.52. The summed E-state index contributed by atoms with van der Waals surface area (Å²) in [5, 5.41) is 11.5. The predicted molar refractivity (Wildman–Crippen MR) is 135 cm³/mol. The average molecular weight is 556 g/mol. The fourth-order valence-electron chi connectivity index (χ4n) is 4.66. The largest absolute Gasteiger partial charge is 0.507 e. The van der Waals surface area contributed by atoms with Crippen molar-refractivity contribution in [3.63, 3.8) is 0 Å². The summed E-state index contributed by atoms with van der Waals surface area (Å²) in [4.78, 5) is 46.4. The van der Waals surface area contributed by atoms with Crippen LogP contribution in [0.5, 0.6) is 0 Å². The van der Waals surface area contributed by atoms with Gasteiger partial charge in [0.25, 0.3) is 11.7 Å². The van der Waals surface area contributed by atoms with Crippen molar-refractivity contribution in [1.82, 2.24) is 14.9 Å². The Morgan fingerprint density at radius 3 is 2.72 bits per heavy atom. The van der Waals surface area contributed by atoms with Gasteiger partial charge in [-0.1, -0.05) is 28.1 Å². The molecule has 2 aromatic heterocycles. The third kappa shape index (κ3) is 4.73. The summed E-state index contributed by atoms with van der Waals surface area (Å²) in [5.74, 6) is -2.30. The van der Waals surface area contributed by atoms with Crippen molar-refractivity contribution in [3.05, 3.63) is 81.1 Å². The van der Waals surface area contributed by atoms with E-state index in [1.54, 1.807) is 27.0 Å². The number of aryl methyl sites for hydroxylation is 2. The standard InChI is InChI=1S/C26H27BrN4O5/c1-4-36-26(35)21-15(2)19(16(3)29-21)23(32)20-22(17-7-5-8-18(27)13-17)31(25(34)24(20)33)11-6-10-30-12-9-28-14-30/h5,7-9,12-14,22H,4,6,10-11H2,1-3H3,(H2,29,32,33,35)/p+1. The molecule has 1 fully saturated rings. The van der Waals surface area contributed by atoms with Crippen LogP contribution in [0, 0.1) is 13.8 Å². The molecule has 36 heavy (non-hydrogen) atoms. The Morgan fingerprint density at radius 2 is 2.06 bits per heavy atom. The number of aliphatic hydroxyl groups excluding tert-OH is 1. The highest BCUT2D eigenvalue weighted by Gasteiger charge is 2.46. The number of H-pyrrole nitrogens is 2. The monoisotopic (exact) mass is 555 g/mol. The molecule has 1 unspecified atom stereocenters. The summed E-state index contributed by atoms with van der Waals surface area (Å²) < 4.78 is 7.85. The Morgan fingerprint density at radius 1 is 1.28 bits per heavy atom.